The largest absolute Gasteiger partial charge is 0.459 e. The molecule has 0 heterocycles. The summed E-state index contributed by atoms with van der Waals surface area (Å²) < 4.78 is 6.32. The predicted molar refractivity (Wildman–Crippen MR) is 105 cm³/mol. The number of ether oxygens (including phenoxy) is 1. The van der Waals surface area contributed by atoms with Gasteiger partial charge < -0.3 is 4.74 Å². The molecular weight excluding hydrogens is 308 g/mol. The molecule has 2 fully saturated rings. The smallest absolute Gasteiger partial charge is 0.312 e. The first kappa shape index (κ1) is 20.8. The molecule has 0 aromatic rings. The summed E-state index contributed by atoms with van der Waals surface area (Å²) in [6.45, 7) is 19.8. The summed E-state index contributed by atoms with van der Waals surface area (Å²) in [6, 6.07) is 0. The number of rotatable bonds is 6. The molecule has 4 atom stereocenters. The maximum Gasteiger partial charge on any atom is 0.312 e. The number of fused-ring (bicyclic) bond motifs is 2. The zero-order valence-corrected chi connectivity index (χ0v) is 18.3. The molecular formula is C23H42O2. The Kier molecular flexibility index (Phi) is 5.46. The average molecular weight is 351 g/mol. The van der Waals surface area contributed by atoms with Gasteiger partial charge >= 0.3 is 5.97 Å². The molecule has 2 heteroatoms. The second-order valence-electron chi connectivity index (χ2n) is 11.6. The lowest BCUT2D eigenvalue weighted by Gasteiger charge is -2.47. The Morgan fingerprint density at radius 1 is 0.960 bits per heavy atom. The Balaban J connectivity index is 2.19. The quantitative estimate of drug-likeness (QED) is 0.503. The van der Waals surface area contributed by atoms with Crippen LogP contribution >= 0.6 is 0 Å². The standard InChI is InChI=1S/C23H42O2/c1-10-21(5,6)15-23(9,20(2,3)4)19(24)25-22(7,8)18-14-16-11-12-17(18)13-16/h16-18H,10-15H2,1-9H3. The van der Waals surface area contributed by atoms with Crippen LogP contribution in [0.4, 0.5) is 0 Å². The molecule has 0 saturated heterocycles. The molecule has 2 saturated carbocycles. The predicted octanol–water partition coefficient (Wildman–Crippen LogP) is 6.62. The lowest BCUT2D eigenvalue weighted by atomic mass is 9.60. The number of esters is 1. The molecule has 0 amide bonds. The molecule has 25 heavy (non-hydrogen) atoms. The Labute approximate surface area is 156 Å². The van der Waals surface area contributed by atoms with Crippen LogP contribution in [0.2, 0.25) is 0 Å². The molecule has 146 valence electrons. The first-order valence-corrected chi connectivity index (χ1v) is 10.5. The van der Waals surface area contributed by atoms with Gasteiger partial charge in [-0.3, -0.25) is 4.79 Å². The Morgan fingerprint density at radius 2 is 1.56 bits per heavy atom. The summed E-state index contributed by atoms with van der Waals surface area (Å²) in [5, 5.41) is 0. The van der Waals surface area contributed by atoms with Gasteiger partial charge in [0.2, 0.25) is 0 Å². The highest BCUT2D eigenvalue weighted by atomic mass is 16.6. The normalized spacial score (nSPS) is 29.6. The summed E-state index contributed by atoms with van der Waals surface area (Å²) in [5.41, 5.74) is -0.805. The Morgan fingerprint density at radius 3 is 1.96 bits per heavy atom. The third-order valence-electron chi connectivity index (χ3n) is 7.88. The topological polar surface area (TPSA) is 26.3 Å². The third-order valence-corrected chi connectivity index (χ3v) is 7.88. The van der Waals surface area contributed by atoms with E-state index in [1.54, 1.807) is 0 Å². The van der Waals surface area contributed by atoms with Crippen molar-refractivity contribution in [2.24, 2.45) is 34.0 Å². The summed E-state index contributed by atoms with van der Waals surface area (Å²) in [6.07, 6.45) is 7.25. The van der Waals surface area contributed by atoms with Gasteiger partial charge in [0.25, 0.3) is 0 Å². The summed E-state index contributed by atoms with van der Waals surface area (Å²) >= 11 is 0. The molecule has 0 aromatic carbocycles. The maximum absolute atomic E-state index is 13.5. The molecule has 0 aromatic heterocycles. The molecule has 2 aliphatic carbocycles. The molecule has 0 spiro atoms. The molecule has 0 aliphatic heterocycles. The summed E-state index contributed by atoms with van der Waals surface area (Å²) in [7, 11) is 0. The van der Waals surface area contributed by atoms with E-state index in [0.717, 1.165) is 24.7 Å². The van der Waals surface area contributed by atoms with Crippen LogP contribution in [0.5, 0.6) is 0 Å². The van der Waals surface area contributed by atoms with Crippen molar-refractivity contribution >= 4 is 5.97 Å². The number of hydrogen-bond acceptors (Lipinski definition) is 2. The first-order valence-electron chi connectivity index (χ1n) is 10.5. The van der Waals surface area contributed by atoms with Gasteiger partial charge in [0.1, 0.15) is 5.60 Å². The van der Waals surface area contributed by atoms with Crippen molar-refractivity contribution in [2.75, 3.05) is 0 Å². The minimum Gasteiger partial charge on any atom is -0.459 e. The van der Waals surface area contributed by atoms with E-state index in [9.17, 15) is 4.79 Å². The van der Waals surface area contributed by atoms with Crippen molar-refractivity contribution in [3.63, 3.8) is 0 Å². The van der Waals surface area contributed by atoms with Crippen molar-refractivity contribution in [1.82, 2.24) is 0 Å². The molecule has 0 N–H and O–H groups in total. The van der Waals surface area contributed by atoms with E-state index in [4.69, 9.17) is 4.74 Å². The van der Waals surface area contributed by atoms with Crippen LogP contribution in [-0.4, -0.2) is 11.6 Å². The van der Waals surface area contributed by atoms with Gasteiger partial charge in [-0.15, -0.1) is 0 Å². The Hall–Kier alpha value is -0.530. The maximum atomic E-state index is 13.5. The fourth-order valence-electron chi connectivity index (χ4n) is 5.25. The van der Waals surface area contributed by atoms with Gasteiger partial charge in [-0.1, -0.05) is 54.4 Å². The minimum atomic E-state index is -0.471. The molecule has 2 bridgehead atoms. The highest BCUT2D eigenvalue weighted by Gasteiger charge is 2.53. The molecule has 2 rings (SSSR count). The van der Waals surface area contributed by atoms with Crippen molar-refractivity contribution in [2.45, 2.75) is 106 Å². The number of carbonyl (C=O) groups is 1. The van der Waals surface area contributed by atoms with E-state index >= 15 is 0 Å². The lowest BCUT2D eigenvalue weighted by Crippen LogP contribution is -2.49. The van der Waals surface area contributed by atoms with Gasteiger partial charge in [-0.25, -0.2) is 0 Å². The summed E-state index contributed by atoms with van der Waals surface area (Å²) in [4.78, 5) is 13.5. The SMILES string of the molecule is CCC(C)(C)CC(C)(C(=O)OC(C)(C)C1CC2CCC1C2)C(C)(C)C. The fourth-order valence-corrected chi connectivity index (χ4v) is 5.25. The number of carbonyl (C=O) groups excluding carboxylic acids is 1. The van der Waals surface area contributed by atoms with Gasteiger partial charge in [0.15, 0.2) is 0 Å². The van der Waals surface area contributed by atoms with Crippen molar-refractivity contribution in [1.29, 1.82) is 0 Å². The van der Waals surface area contributed by atoms with Crippen molar-refractivity contribution in [3.05, 3.63) is 0 Å². The van der Waals surface area contributed by atoms with E-state index in [0.29, 0.717) is 5.92 Å². The van der Waals surface area contributed by atoms with Crippen molar-refractivity contribution in [3.8, 4) is 0 Å². The highest BCUT2D eigenvalue weighted by Crippen LogP contribution is 2.54. The van der Waals surface area contributed by atoms with Crippen LogP contribution in [0.25, 0.3) is 0 Å². The van der Waals surface area contributed by atoms with Crippen LogP contribution in [0.1, 0.15) is 101 Å². The van der Waals surface area contributed by atoms with Crippen molar-refractivity contribution < 1.29 is 9.53 Å². The van der Waals surface area contributed by atoms with E-state index in [2.05, 4.69) is 62.3 Å². The fraction of sp³-hybridized carbons (Fsp3) is 0.957. The van der Waals surface area contributed by atoms with Gasteiger partial charge in [0.05, 0.1) is 5.41 Å². The molecule has 2 aliphatic rings. The second-order valence-corrected chi connectivity index (χ2v) is 11.6. The molecule has 2 nitrogen and oxygen atoms in total. The van der Waals surface area contributed by atoms with E-state index in [-0.39, 0.29) is 22.4 Å². The van der Waals surface area contributed by atoms with Crippen LogP contribution in [0.3, 0.4) is 0 Å². The average Bonchev–Trinajstić information content (AvgIpc) is 3.08. The number of hydrogen-bond donors (Lipinski definition) is 0. The monoisotopic (exact) mass is 350 g/mol. The van der Waals surface area contributed by atoms with Gasteiger partial charge in [-0.05, 0) is 69.1 Å². The second kappa shape index (κ2) is 6.57. The van der Waals surface area contributed by atoms with Crippen LogP contribution < -0.4 is 0 Å². The summed E-state index contributed by atoms with van der Waals surface area (Å²) in [5.74, 6) is 2.19. The molecule has 0 radical (unpaired) electrons. The minimum absolute atomic E-state index is 0.00861. The van der Waals surface area contributed by atoms with Crippen LogP contribution in [0.15, 0.2) is 0 Å². The lowest BCUT2D eigenvalue weighted by molar-refractivity contribution is -0.185. The van der Waals surface area contributed by atoms with Gasteiger partial charge in [-0.2, -0.15) is 0 Å². The van der Waals surface area contributed by atoms with E-state index in [1.807, 2.05) is 0 Å². The zero-order chi connectivity index (χ0) is 19.3. The van der Waals surface area contributed by atoms with E-state index < -0.39 is 5.41 Å². The Bertz CT molecular complexity index is 497. The third kappa shape index (κ3) is 4.08. The van der Waals surface area contributed by atoms with Gasteiger partial charge in [0, 0.05) is 5.92 Å². The molecule has 4 unspecified atom stereocenters. The van der Waals surface area contributed by atoms with E-state index in [1.165, 1.54) is 25.7 Å². The first-order chi connectivity index (χ1) is 11.2. The zero-order valence-electron chi connectivity index (χ0n) is 18.3. The van der Waals surface area contributed by atoms with Crippen LogP contribution in [0, 0.1) is 34.0 Å². The van der Waals surface area contributed by atoms with Crippen LogP contribution in [-0.2, 0) is 9.53 Å². The highest BCUT2D eigenvalue weighted by molar-refractivity contribution is 5.78.